The summed E-state index contributed by atoms with van der Waals surface area (Å²) in [5.74, 6) is 0.235. The summed E-state index contributed by atoms with van der Waals surface area (Å²) in [5, 5.41) is 0. The predicted octanol–water partition coefficient (Wildman–Crippen LogP) is 2.37. The summed E-state index contributed by atoms with van der Waals surface area (Å²) in [6, 6.07) is 5.14. The van der Waals surface area contributed by atoms with E-state index in [1.165, 1.54) is 0 Å². The second-order valence-corrected chi connectivity index (χ2v) is 6.66. The molecule has 2 aliphatic heterocycles. The molecule has 3 rings (SSSR count). The number of carbonyl (C=O) groups excluding carboxylic acids is 1. The Labute approximate surface area is 145 Å². The largest absolute Gasteiger partial charge is 0.340 e. The number of amides is 1. The molecular weight excluding hydrogens is 305 g/mol. The van der Waals surface area contributed by atoms with Crippen LogP contribution in [0.2, 0.25) is 0 Å². The van der Waals surface area contributed by atoms with E-state index in [4.69, 9.17) is 0 Å². The molecule has 0 aliphatic carbocycles. The van der Waals surface area contributed by atoms with E-state index >= 15 is 0 Å². The summed E-state index contributed by atoms with van der Waals surface area (Å²) in [5.41, 5.74) is 1.93. The van der Waals surface area contributed by atoms with E-state index in [2.05, 4.69) is 16.8 Å². The van der Waals surface area contributed by atoms with Gasteiger partial charge in [0.25, 0.3) is 0 Å². The van der Waals surface area contributed by atoms with E-state index in [9.17, 15) is 9.18 Å². The lowest BCUT2D eigenvalue weighted by molar-refractivity contribution is -0.143. The van der Waals surface area contributed by atoms with Crippen molar-refractivity contribution in [3.63, 3.8) is 0 Å². The molecule has 2 aliphatic rings. The summed E-state index contributed by atoms with van der Waals surface area (Å²) >= 11 is 0. The van der Waals surface area contributed by atoms with Gasteiger partial charge in [0.15, 0.2) is 0 Å². The number of halogens is 1. The van der Waals surface area contributed by atoms with Crippen molar-refractivity contribution in [2.24, 2.45) is 5.92 Å². The minimum Gasteiger partial charge on any atom is -0.340 e. The fourth-order valence-corrected chi connectivity index (χ4v) is 3.30. The Kier molecular flexibility index (Phi) is 6.75. The third-order valence-corrected chi connectivity index (χ3v) is 4.63. The summed E-state index contributed by atoms with van der Waals surface area (Å²) in [6.45, 7) is 11.8. The maximum absolute atomic E-state index is 13.4. The molecule has 0 unspecified atom stereocenters. The molecule has 1 aromatic rings. The fourth-order valence-electron chi connectivity index (χ4n) is 3.30. The van der Waals surface area contributed by atoms with E-state index in [-0.39, 0.29) is 11.7 Å². The van der Waals surface area contributed by atoms with Crippen molar-refractivity contribution < 1.29 is 9.18 Å². The van der Waals surface area contributed by atoms with Gasteiger partial charge in [0.1, 0.15) is 5.82 Å². The first-order valence-electron chi connectivity index (χ1n) is 8.97. The lowest BCUT2D eigenvalue weighted by Crippen LogP contribution is -2.57. The summed E-state index contributed by atoms with van der Waals surface area (Å²) in [6.07, 6.45) is 0. The Balaban J connectivity index is 0.00000100. The van der Waals surface area contributed by atoms with Crippen LogP contribution in [0.4, 0.5) is 4.39 Å². The highest BCUT2D eigenvalue weighted by atomic mass is 19.1. The van der Waals surface area contributed by atoms with Crippen LogP contribution in [-0.2, 0) is 11.3 Å². The molecule has 1 amide bonds. The average molecular weight is 335 g/mol. The number of hydrogen-bond acceptors (Lipinski definition) is 3. The number of aryl methyl sites for hydroxylation is 1. The van der Waals surface area contributed by atoms with Gasteiger partial charge in [0.05, 0.1) is 5.92 Å². The van der Waals surface area contributed by atoms with Crippen molar-refractivity contribution in [3.05, 3.63) is 35.1 Å². The monoisotopic (exact) mass is 335 g/mol. The van der Waals surface area contributed by atoms with Crippen LogP contribution in [0.1, 0.15) is 25.0 Å². The highest BCUT2D eigenvalue weighted by Gasteiger charge is 2.35. The summed E-state index contributed by atoms with van der Waals surface area (Å²) < 4.78 is 13.4. The molecule has 1 aromatic carbocycles. The van der Waals surface area contributed by atoms with Crippen LogP contribution in [-0.4, -0.2) is 66.9 Å². The van der Waals surface area contributed by atoms with Crippen LogP contribution >= 0.6 is 0 Å². The van der Waals surface area contributed by atoms with Crippen molar-refractivity contribution in [2.75, 3.05) is 46.3 Å². The van der Waals surface area contributed by atoms with Crippen molar-refractivity contribution in [1.29, 1.82) is 0 Å². The molecule has 2 saturated heterocycles. The van der Waals surface area contributed by atoms with Crippen molar-refractivity contribution in [2.45, 2.75) is 27.3 Å². The number of piperazine rings is 1. The van der Waals surface area contributed by atoms with Gasteiger partial charge >= 0.3 is 0 Å². The molecule has 0 saturated carbocycles. The number of likely N-dealkylation sites (tertiary alicyclic amines) is 1. The van der Waals surface area contributed by atoms with E-state index in [0.717, 1.165) is 56.9 Å². The standard InChI is InChI=1S/C17H24FN3O.C2H6/c1-13-7-14(9-16(18)8-13)10-20-11-15(12-20)17(22)21-5-3-19(2)4-6-21;1-2/h7-9,15H,3-6,10-12H2,1-2H3;1-2H3. The summed E-state index contributed by atoms with van der Waals surface area (Å²) in [4.78, 5) is 18.9. The zero-order chi connectivity index (χ0) is 17.7. The van der Waals surface area contributed by atoms with Gasteiger partial charge in [0, 0.05) is 45.8 Å². The Morgan fingerprint density at radius 1 is 1.12 bits per heavy atom. The van der Waals surface area contributed by atoms with Crippen molar-refractivity contribution in [1.82, 2.24) is 14.7 Å². The lowest BCUT2D eigenvalue weighted by atomic mass is 9.97. The molecule has 2 heterocycles. The van der Waals surface area contributed by atoms with Crippen LogP contribution in [0.15, 0.2) is 18.2 Å². The van der Waals surface area contributed by atoms with Gasteiger partial charge in [-0.25, -0.2) is 4.39 Å². The highest BCUT2D eigenvalue weighted by molar-refractivity contribution is 5.80. The molecule has 4 nitrogen and oxygen atoms in total. The number of rotatable bonds is 3. The van der Waals surface area contributed by atoms with Gasteiger partial charge in [-0.15, -0.1) is 0 Å². The number of nitrogens with zero attached hydrogens (tertiary/aromatic N) is 3. The molecule has 0 bridgehead atoms. The number of hydrogen-bond donors (Lipinski definition) is 0. The Morgan fingerprint density at radius 3 is 2.33 bits per heavy atom. The van der Waals surface area contributed by atoms with E-state index < -0.39 is 0 Å². The summed E-state index contributed by atoms with van der Waals surface area (Å²) in [7, 11) is 2.09. The predicted molar refractivity (Wildman–Crippen MR) is 95.3 cm³/mol. The van der Waals surface area contributed by atoms with E-state index in [0.29, 0.717) is 5.91 Å². The van der Waals surface area contributed by atoms with Crippen molar-refractivity contribution >= 4 is 5.91 Å². The molecule has 5 heteroatoms. The molecule has 0 spiro atoms. The van der Waals surface area contributed by atoms with Gasteiger partial charge in [-0.2, -0.15) is 0 Å². The lowest BCUT2D eigenvalue weighted by Gasteiger charge is -2.42. The average Bonchev–Trinajstić information content (AvgIpc) is 2.51. The van der Waals surface area contributed by atoms with Crippen LogP contribution in [0.25, 0.3) is 0 Å². The number of carbonyl (C=O) groups is 1. The van der Waals surface area contributed by atoms with Crippen LogP contribution in [0.5, 0.6) is 0 Å². The molecule has 0 N–H and O–H groups in total. The molecule has 24 heavy (non-hydrogen) atoms. The fraction of sp³-hybridized carbons (Fsp3) is 0.632. The zero-order valence-electron chi connectivity index (χ0n) is 15.4. The van der Waals surface area contributed by atoms with Crippen LogP contribution in [0, 0.1) is 18.7 Å². The smallest absolute Gasteiger partial charge is 0.228 e. The quantitative estimate of drug-likeness (QED) is 0.848. The van der Waals surface area contributed by atoms with E-state index in [1.807, 2.05) is 31.7 Å². The molecule has 0 atom stereocenters. The Morgan fingerprint density at radius 2 is 1.75 bits per heavy atom. The van der Waals surface area contributed by atoms with Crippen molar-refractivity contribution in [3.8, 4) is 0 Å². The third kappa shape index (κ3) is 4.77. The topological polar surface area (TPSA) is 26.8 Å². The number of likely N-dealkylation sites (N-methyl/N-ethyl adjacent to an activating group) is 1. The van der Waals surface area contributed by atoms with Crippen LogP contribution < -0.4 is 0 Å². The maximum Gasteiger partial charge on any atom is 0.228 e. The molecule has 0 aromatic heterocycles. The molecule has 134 valence electrons. The SMILES string of the molecule is CC.Cc1cc(F)cc(CN2CC(C(=O)N3CCN(C)CC3)C2)c1. The van der Waals surface area contributed by atoms with Gasteiger partial charge in [-0.1, -0.05) is 19.9 Å². The second kappa shape index (κ2) is 8.58. The second-order valence-electron chi connectivity index (χ2n) is 6.66. The van der Waals surface area contributed by atoms with Gasteiger partial charge in [-0.05, 0) is 37.2 Å². The minimum absolute atomic E-state index is 0.123. The highest BCUT2D eigenvalue weighted by Crippen LogP contribution is 2.22. The maximum atomic E-state index is 13.4. The first kappa shape index (κ1) is 18.9. The first-order chi connectivity index (χ1) is 11.5. The van der Waals surface area contributed by atoms with Crippen LogP contribution in [0.3, 0.4) is 0 Å². The third-order valence-electron chi connectivity index (χ3n) is 4.63. The number of benzene rings is 1. The zero-order valence-corrected chi connectivity index (χ0v) is 15.4. The molecular formula is C19H30FN3O. The Hall–Kier alpha value is -1.46. The molecule has 0 radical (unpaired) electrons. The normalized spacial score (nSPS) is 19.5. The van der Waals surface area contributed by atoms with E-state index in [1.54, 1.807) is 12.1 Å². The Bertz CT molecular complexity index is 529. The molecule has 2 fully saturated rings. The van der Waals surface area contributed by atoms with Gasteiger partial charge in [0.2, 0.25) is 5.91 Å². The first-order valence-corrected chi connectivity index (χ1v) is 8.97. The minimum atomic E-state index is -0.180. The van der Waals surface area contributed by atoms with Gasteiger partial charge in [-0.3, -0.25) is 9.69 Å². The van der Waals surface area contributed by atoms with Gasteiger partial charge < -0.3 is 9.80 Å².